The van der Waals surface area contributed by atoms with Crippen molar-refractivity contribution in [2.45, 2.75) is 24.4 Å². The molecule has 2 rings (SSSR count). The van der Waals surface area contributed by atoms with E-state index < -0.39 is 10.0 Å². The number of nitrogens with two attached hydrogens (primary N) is 1. The fourth-order valence-corrected chi connectivity index (χ4v) is 3.01. The lowest BCUT2D eigenvalue weighted by molar-refractivity contribution is -0.120. The predicted octanol–water partition coefficient (Wildman–Crippen LogP) is 1.86. The number of benzene rings is 2. The summed E-state index contributed by atoms with van der Waals surface area (Å²) in [4.78, 5) is 16.4. The molecule has 1 atom stereocenters. The third-order valence-corrected chi connectivity index (χ3v) is 5.30. The van der Waals surface area contributed by atoms with Gasteiger partial charge >= 0.3 is 0 Å². The molecule has 1 amide bonds. The van der Waals surface area contributed by atoms with Gasteiger partial charge < -0.3 is 10.2 Å². The molecule has 2 aromatic carbocycles. The van der Waals surface area contributed by atoms with Crippen LogP contribution in [-0.4, -0.2) is 46.4 Å². The zero-order chi connectivity index (χ0) is 20.2. The molecule has 0 spiro atoms. The maximum Gasteiger partial charge on any atom is 0.241 e. The number of carbonyl (C=O) groups excluding carboxylic acids is 1. The number of carbonyl (C=O) groups is 1. The molecule has 0 fully saturated rings. The zero-order valence-corrected chi connectivity index (χ0v) is 16.8. The third kappa shape index (κ3) is 5.78. The van der Waals surface area contributed by atoms with Crippen molar-refractivity contribution in [2.75, 3.05) is 31.4 Å². The Labute approximate surface area is 160 Å². The van der Waals surface area contributed by atoms with Crippen molar-refractivity contribution >= 4 is 27.3 Å². The van der Waals surface area contributed by atoms with Gasteiger partial charge in [-0.05, 0) is 55.9 Å². The Morgan fingerprint density at radius 2 is 1.59 bits per heavy atom. The first-order valence-electron chi connectivity index (χ1n) is 8.48. The first kappa shape index (κ1) is 20.9. The summed E-state index contributed by atoms with van der Waals surface area (Å²) in [6.07, 6.45) is 0. The standard InChI is InChI=1S/C19H26N4O3S/c1-14(23(4)13-15-5-9-17(10-6-15)22(2)3)19(24)21-16-7-11-18(12-8-16)27(20,25)26/h5-12,14H,13H2,1-4H3,(H,21,24)(H2,20,25,26)/t14-/m0/s1. The summed E-state index contributed by atoms with van der Waals surface area (Å²) < 4.78 is 22.6. The van der Waals surface area contributed by atoms with E-state index in [1.807, 2.05) is 62.1 Å². The van der Waals surface area contributed by atoms with Crippen molar-refractivity contribution in [1.29, 1.82) is 0 Å². The van der Waals surface area contributed by atoms with Crippen molar-refractivity contribution in [3.8, 4) is 0 Å². The first-order chi connectivity index (χ1) is 12.6. The van der Waals surface area contributed by atoms with Gasteiger partial charge in [0, 0.05) is 32.0 Å². The van der Waals surface area contributed by atoms with Gasteiger partial charge in [0.25, 0.3) is 0 Å². The number of sulfonamides is 1. The molecule has 0 aromatic heterocycles. The van der Waals surface area contributed by atoms with Gasteiger partial charge in [-0.15, -0.1) is 0 Å². The number of anilines is 2. The molecular weight excluding hydrogens is 364 g/mol. The van der Waals surface area contributed by atoms with E-state index in [9.17, 15) is 13.2 Å². The van der Waals surface area contributed by atoms with Crippen molar-refractivity contribution in [2.24, 2.45) is 5.14 Å². The number of nitrogens with one attached hydrogen (secondary N) is 1. The smallest absolute Gasteiger partial charge is 0.241 e. The molecule has 0 aliphatic rings. The van der Waals surface area contributed by atoms with Crippen molar-refractivity contribution in [3.63, 3.8) is 0 Å². The second kappa shape index (κ2) is 8.51. The van der Waals surface area contributed by atoms with Crippen molar-refractivity contribution in [1.82, 2.24) is 4.90 Å². The number of nitrogens with zero attached hydrogens (tertiary/aromatic N) is 2. The fourth-order valence-electron chi connectivity index (χ4n) is 2.50. The molecule has 27 heavy (non-hydrogen) atoms. The van der Waals surface area contributed by atoms with Crippen LogP contribution in [0.3, 0.4) is 0 Å². The van der Waals surface area contributed by atoms with Gasteiger partial charge in [0.15, 0.2) is 0 Å². The van der Waals surface area contributed by atoms with E-state index >= 15 is 0 Å². The number of likely N-dealkylation sites (N-methyl/N-ethyl adjacent to an activating group) is 1. The minimum Gasteiger partial charge on any atom is -0.378 e. The highest BCUT2D eigenvalue weighted by molar-refractivity contribution is 7.89. The van der Waals surface area contributed by atoms with Crippen LogP contribution >= 0.6 is 0 Å². The van der Waals surface area contributed by atoms with Crippen LogP contribution in [-0.2, 0) is 21.4 Å². The minimum atomic E-state index is -3.74. The Bertz CT molecular complexity index is 878. The van der Waals surface area contributed by atoms with Crippen LogP contribution in [0.5, 0.6) is 0 Å². The van der Waals surface area contributed by atoms with Gasteiger partial charge in [-0.1, -0.05) is 12.1 Å². The Balaban J connectivity index is 1.97. The van der Waals surface area contributed by atoms with Crippen LogP contribution in [0.2, 0.25) is 0 Å². The van der Waals surface area contributed by atoms with Crippen molar-refractivity contribution < 1.29 is 13.2 Å². The predicted molar refractivity (Wildman–Crippen MR) is 108 cm³/mol. The molecule has 0 saturated heterocycles. The minimum absolute atomic E-state index is 0.00633. The maximum atomic E-state index is 12.5. The molecule has 2 aromatic rings. The molecule has 0 heterocycles. The lowest BCUT2D eigenvalue weighted by atomic mass is 10.1. The quantitative estimate of drug-likeness (QED) is 0.752. The Kier molecular flexibility index (Phi) is 6.59. The second-order valence-corrected chi connectivity index (χ2v) is 8.27. The topological polar surface area (TPSA) is 95.7 Å². The average Bonchev–Trinajstić information content (AvgIpc) is 2.61. The second-order valence-electron chi connectivity index (χ2n) is 6.71. The van der Waals surface area contributed by atoms with E-state index in [1.54, 1.807) is 0 Å². The summed E-state index contributed by atoms with van der Waals surface area (Å²) >= 11 is 0. The summed E-state index contributed by atoms with van der Waals surface area (Å²) in [6.45, 7) is 2.45. The van der Waals surface area contributed by atoms with Gasteiger partial charge in [-0.2, -0.15) is 0 Å². The van der Waals surface area contributed by atoms with Gasteiger partial charge in [0.1, 0.15) is 0 Å². The molecule has 8 heteroatoms. The molecule has 0 saturated carbocycles. The SMILES string of the molecule is C[C@@H](C(=O)Nc1ccc(S(N)(=O)=O)cc1)N(C)Cc1ccc(N(C)C)cc1. The highest BCUT2D eigenvalue weighted by Crippen LogP contribution is 2.16. The summed E-state index contributed by atoms with van der Waals surface area (Å²) in [5, 5.41) is 7.86. The van der Waals surface area contributed by atoms with E-state index in [1.165, 1.54) is 24.3 Å². The molecule has 146 valence electrons. The van der Waals surface area contributed by atoms with Crippen LogP contribution in [0.15, 0.2) is 53.4 Å². The molecule has 3 N–H and O–H groups in total. The van der Waals surface area contributed by atoms with Crippen LogP contribution in [0, 0.1) is 0 Å². The highest BCUT2D eigenvalue weighted by Gasteiger charge is 2.18. The van der Waals surface area contributed by atoms with Gasteiger partial charge in [0.05, 0.1) is 10.9 Å². The van der Waals surface area contributed by atoms with E-state index in [4.69, 9.17) is 5.14 Å². The van der Waals surface area contributed by atoms with Gasteiger partial charge in [-0.25, -0.2) is 13.6 Å². The van der Waals surface area contributed by atoms with Crippen LogP contribution in [0.4, 0.5) is 11.4 Å². The average molecular weight is 391 g/mol. The maximum absolute atomic E-state index is 12.5. The number of rotatable bonds is 7. The first-order valence-corrected chi connectivity index (χ1v) is 10.0. The fraction of sp³-hybridized carbons (Fsp3) is 0.316. The van der Waals surface area contributed by atoms with E-state index in [2.05, 4.69) is 5.32 Å². The van der Waals surface area contributed by atoms with E-state index in [0.29, 0.717) is 12.2 Å². The van der Waals surface area contributed by atoms with Gasteiger partial charge in [0.2, 0.25) is 15.9 Å². The van der Waals surface area contributed by atoms with Crippen LogP contribution in [0.1, 0.15) is 12.5 Å². The third-order valence-electron chi connectivity index (χ3n) is 4.38. The zero-order valence-electron chi connectivity index (χ0n) is 16.0. The van der Waals surface area contributed by atoms with Crippen molar-refractivity contribution in [3.05, 3.63) is 54.1 Å². The largest absolute Gasteiger partial charge is 0.378 e. The number of hydrogen-bond acceptors (Lipinski definition) is 5. The summed E-state index contributed by atoms with van der Waals surface area (Å²) in [7, 11) is 2.12. The highest BCUT2D eigenvalue weighted by atomic mass is 32.2. The van der Waals surface area contributed by atoms with Crippen LogP contribution in [0.25, 0.3) is 0 Å². The van der Waals surface area contributed by atoms with E-state index in [0.717, 1.165) is 11.3 Å². The Morgan fingerprint density at radius 1 is 1.04 bits per heavy atom. The molecule has 7 nitrogen and oxygen atoms in total. The Hall–Kier alpha value is -2.42. The molecule has 0 aliphatic heterocycles. The van der Waals surface area contributed by atoms with E-state index in [-0.39, 0.29) is 16.8 Å². The van der Waals surface area contributed by atoms with Crippen LogP contribution < -0.4 is 15.4 Å². The lowest BCUT2D eigenvalue weighted by Crippen LogP contribution is -2.39. The Morgan fingerprint density at radius 3 is 2.07 bits per heavy atom. The summed E-state index contributed by atoms with van der Waals surface area (Å²) in [6, 6.07) is 13.6. The number of hydrogen-bond donors (Lipinski definition) is 2. The number of primary sulfonamides is 1. The normalized spacial score (nSPS) is 12.7. The lowest BCUT2D eigenvalue weighted by Gasteiger charge is -2.24. The summed E-state index contributed by atoms with van der Waals surface area (Å²) in [5.41, 5.74) is 2.75. The van der Waals surface area contributed by atoms with Gasteiger partial charge in [-0.3, -0.25) is 9.69 Å². The molecule has 0 unspecified atom stereocenters. The number of amides is 1. The molecule has 0 aliphatic carbocycles. The summed E-state index contributed by atoms with van der Waals surface area (Å²) in [5.74, 6) is -0.175. The monoisotopic (exact) mass is 390 g/mol. The molecule has 0 bridgehead atoms. The molecular formula is C19H26N4O3S. The molecule has 0 radical (unpaired) electrons.